The first kappa shape index (κ1) is 12.2. The lowest BCUT2D eigenvalue weighted by atomic mass is 10.3. The molecular formula is C9H6FIN4OS. The van der Waals surface area contributed by atoms with Gasteiger partial charge in [-0.1, -0.05) is 11.3 Å². The molecule has 17 heavy (non-hydrogen) atoms. The molecule has 88 valence electrons. The van der Waals surface area contributed by atoms with E-state index in [9.17, 15) is 9.18 Å². The van der Waals surface area contributed by atoms with E-state index in [2.05, 4.69) is 15.5 Å². The molecule has 0 fully saturated rings. The van der Waals surface area contributed by atoms with Gasteiger partial charge in [-0.05, 0) is 40.8 Å². The normalized spacial score (nSPS) is 10.2. The minimum absolute atomic E-state index is 0.169. The van der Waals surface area contributed by atoms with Crippen LogP contribution in [0.15, 0.2) is 18.2 Å². The van der Waals surface area contributed by atoms with Crippen LogP contribution in [-0.2, 0) is 0 Å². The second kappa shape index (κ2) is 4.92. The summed E-state index contributed by atoms with van der Waals surface area (Å²) >= 11 is 2.92. The summed E-state index contributed by atoms with van der Waals surface area (Å²) in [6.45, 7) is 0. The molecule has 2 rings (SSSR count). The van der Waals surface area contributed by atoms with Crippen molar-refractivity contribution in [3.05, 3.63) is 32.6 Å². The maximum atomic E-state index is 12.9. The van der Waals surface area contributed by atoms with Crippen molar-refractivity contribution in [1.29, 1.82) is 0 Å². The lowest BCUT2D eigenvalue weighted by Gasteiger charge is -2.04. The molecular weight excluding hydrogens is 358 g/mol. The Morgan fingerprint density at radius 3 is 2.82 bits per heavy atom. The largest absolute Gasteiger partial charge is 0.374 e. The summed E-state index contributed by atoms with van der Waals surface area (Å²) in [5.74, 6) is -0.767. The zero-order valence-corrected chi connectivity index (χ0v) is 11.3. The number of benzene rings is 1. The monoisotopic (exact) mass is 364 g/mol. The molecule has 1 aromatic carbocycles. The highest BCUT2D eigenvalue weighted by Gasteiger charge is 2.13. The number of rotatable bonds is 2. The average molecular weight is 364 g/mol. The lowest BCUT2D eigenvalue weighted by molar-refractivity contribution is 0.102. The van der Waals surface area contributed by atoms with Crippen LogP contribution in [0.2, 0.25) is 0 Å². The van der Waals surface area contributed by atoms with E-state index in [-0.39, 0.29) is 16.0 Å². The summed E-state index contributed by atoms with van der Waals surface area (Å²) in [7, 11) is 0. The van der Waals surface area contributed by atoms with Crippen LogP contribution in [0.3, 0.4) is 0 Å². The maximum Gasteiger partial charge on any atom is 0.286 e. The number of amides is 1. The number of aromatic nitrogens is 2. The zero-order valence-electron chi connectivity index (χ0n) is 8.28. The summed E-state index contributed by atoms with van der Waals surface area (Å²) in [5, 5.41) is 10.2. The Hall–Kier alpha value is -1.29. The SMILES string of the molecule is Nc1nnc(C(=O)Nc2ccc(F)cc2I)s1. The molecule has 0 saturated carbocycles. The Morgan fingerprint density at radius 2 is 2.24 bits per heavy atom. The molecule has 0 aliphatic carbocycles. The fraction of sp³-hybridized carbons (Fsp3) is 0. The van der Waals surface area contributed by atoms with Crippen molar-refractivity contribution in [2.75, 3.05) is 11.1 Å². The highest BCUT2D eigenvalue weighted by atomic mass is 127. The first-order valence-corrected chi connectivity index (χ1v) is 6.31. The van der Waals surface area contributed by atoms with Gasteiger partial charge < -0.3 is 11.1 Å². The molecule has 3 N–H and O–H groups in total. The van der Waals surface area contributed by atoms with E-state index in [1.807, 2.05) is 22.6 Å². The predicted octanol–water partition coefficient (Wildman–Crippen LogP) is 2.12. The van der Waals surface area contributed by atoms with Crippen LogP contribution in [-0.4, -0.2) is 16.1 Å². The zero-order chi connectivity index (χ0) is 12.4. The molecule has 0 aliphatic rings. The quantitative estimate of drug-likeness (QED) is 0.800. The molecule has 5 nitrogen and oxygen atoms in total. The molecule has 0 unspecified atom stereocenters. The number of carbonyl (C=O) groups excluding carboxylic acids is 1. The fourth-order valence-corrected chi connectivity index (χ4v) is 2.21. The number of nitrogens with two attached hydrogens (primary N) is 1. The van der Waals surface area contributed by atoms with Crippen LogP contribution in [0.5, 0.6) is 0 Å². The van der Waals surface area contributed by atoms with Crippen LogP contribution < -0.4 is 11.1 Å². The van der Waals surface area contributed by atoms with Crippen molar-refractivity contribution < 1.29 is 9.18 Å². The number of carbonyl (C=O) groups is 1. The average Bonchev–Trinajstić information content (AvgIpc) is 2.69. The van der Waals surface area contributed by atoms with E-state index < -0.39 is 5.91 Å². The van der Waals surface area contributed by atoms with Crippen molar-refractivity contribution >= 4 is 50.7 Å². The lowest BCUT2D eigenvalue weighted by Crippen LogP contribution is -2.12. The van der Waals surface area contributed by atoms with Gasteiger partial charge in [0.15, 0.2) is 0 Å². The van der Waals surface area contributed by atoms with Crippen LogP contribution >= 0.6 is 33.9 Å². The fourth-order valence-electron chi connectivity index (χ4n) is 1.09. The van der Waals surface area contributed by atoms with E-state index in [0.29, 0.717) is 9.26 Å². The molecule has 1 heterocycles. The Balaban J connectivity index is 2.18. The van der Waals surface area contributed by atoms with Crippen LogP contribution in [0.1, 0.15) is 9.80 Å². The van der Waals surface area contributed by atoms with E-state index >= 15 is 0 Å². The number of hydrogen-bond acceptors (Lipinski definition) is 5. The third-order valence-corrected chi connectivity index (χ3v) is 3.46. The standard InChI is InChI=1S/C9H6FIN4OS/c10-4-1-2-6(5(11)3-4)13-7(16)8-14-15-9(12)17-8/h1-3H,(H2,12,15)(H,13,16). The maximum absolute atomic E-state index is 12.9. The van der Waals surface area contributed by atoms with Crippen molar-refractivity contribution in [1.82, 2.24) is 10.2 Å². The van der Waals surface area contributed by atoms with Gasteiger partial charge in [-0.3, -0.25) is 4.79 Å². The first-order valence-electron chi connectivity index (χ1n) is 4.41. The van der Waals surface area contributed by atoms with Crippen molar-refractivity contribution in [3.8, 4) is 0 Å². The van der Waals surface area contributed by atoms with Gasteiger partial charge in [0.2, 0.25) is 10.1 Å². The van der Waals surface area contributed by atoms with Gasteiger partial charge in [-0.2, -0.15) is 0 Å². The van der Waals surface area contributed by atoms with Gasteiger partial charge in [0.25, 0.3) is 5.91 Å². The predicted molar refractivity (Wildman–Crippen MR) is 71.4 cm³/mol. The molecule has 0 saturated heterocycles. The minimum Gasteiger partial charge on any atom is -0.374 e. The second-order valence-electron chi connectivity index (χ2n) is 3.02. The Labute approximate surface area is 113 Å². The summed E-state index contributed by atoms with van der Waals surface area (Å²) in [4.78, 5) is 11.7. The minimum atomic E-state index is -0.413. The van der Waals surface area contributed by atoms with E-state index in [1.54, 1.807) is 0 Å². The number of anilines is 2. The van der Waals surface area contributed by atoms with Crippen LogP contribution in [0.25, 0.3) is 0 Å². The topological polar surface area (TPSA) is 80.9 Å². The molecule has 1 aromatic heterocycles. The highest BCUT2D eigenvalue weighted by Crippen LogP contribution is 2.20. The van der Waals surface area contributed by atoms with Crippen molar-refractivity contribution in [3.63, 3.8) is 0 Å². The van der Waals surface area contributed by atoms with E-state index in [0.717, 1.165) is 11.3 Å². The Kier molecular flexibility index (Phi) is 3.52. The highest BCUT2D eigenvalue weighted by molar-refractivity contribution is 14.1. The molecule has 0 bridgehead atoms. The molecule has 0 radical (unpaired) electrons. The third kappa shape index (κ3) is 2.88. The molecule has 0 spiro atoms. The molecule has 0 aliphatic heterocycles. The number of nitrogens with one attached hydrogen (secondary N) is 1. The van der Waals surface area contributed by atoms with Gasteiger partial charge >= 0.3 is 0 Å². The molecule has 8 heteroatoms. The van der Waals surface area contributed by atoms with Crippen LogP contribution in [0.4, 0.5) is 15.2 Å². The van der Waals surface area contributed by atoms with Gasteiger partial charge in [0.1, 0.15) is 5.82 Å². The third-order valence-electron chi connectivity index (χ3n) is 1.81. The van der Waals surface area contributed by atoms with Gasteiger partial charge in [-0.25, -0.2) is 4.39 Å². The molecule has 1 amide bonds. The van der Waals surface area contributed by atoms with E-state index in [1.165, 1.54) is 18.2 Å². The summed E-state index contributed by atoms with van der Waals surface area (Å²) in [6.07, 6.45) is 0. The van der Waals surface area contributed by atoms with Gasteiger partial charge in [0.05, 0.1) is 5.69 Å². The van der Waals surface area contributed by atoms with Gasteiger partial charge in [0, 0.05) is 3.57 Å². The number of hydrogen-bond donors (Lipinski definition) is 2. The van der Waals surface area contributed by atoms with Crippen LogP contribution in [0, 0.1) is 9.39 Å². The Morgan fingerprint density at radius 1 is 1.47 bits per heavy atom. The van der Waals surface area contributed by atoms with Crippen molar-refractivity contribution in [2.45, 2.75) is 0 Å². The number of nitrogen functional groups attached to an aromatic ring is 1. The molecule has 0 atom stereocenters. The van der Waals surface area contributed by atoms with E-state index in [4.69, 9.17) is 5.73 Å². The first-order chi connectivity index (χ1) is 8.06. The summed E-state index contributed by atoms with van der Waals surface area (Å²) in [6, 6.07) is 4.08. The molecule has 2 aromatic rings. The smallest absolute Gasteiger partial charge is 0.286 e. The van der Waals surface area contributed by atoms with Crippen molar-refractivity contribution in [2.24, 2.45) is 0 Å². The Bertz CT molecular complexity index is 574. The number of nitrogens with zero attached hydrogens (tertiary/aromatic N) is 2. The van der Waals surface area contributed by atoms with Gasteiger partial charge in [-0.15, -0.1) is 10.2 Å². The number of halogens is 2. The summed E-state index contributed by atoms with van der Waals surface area (Å²) in [5.41, 5.74) is 5.89. The summed E-state index contributed by atoms with van der Waals surface area (Å²) < 4.78 is 13.5. The second-order valence-corrected chi connectivity index (χ2v) is 5.20.